The minimum absolute atomic E-state index is 0. The molecule has 0 saturated carbocycles. The molecule has 0 aliphatic heterocycles. The van der Waals surface area contributed by atoms with E-state index in [1.54, 1.807) is 0 Å². The second kappa shape index (κ2) is 9.53. The van der Waals surface area contributed by atoms with Crippen LogP contribution in [0.25, 0.3) is 0 Å². The van der Waals surface area contributed by atoms with E-state index >= 15 is 0 Å². The van der Waals surface area contributed by atoms with Gasteiger partial charge in [0.1, 0.15) is 0 Å². The summed E-state index contributed by atoms with van der Waals surface area (Å²) in [6, 6.07) is 0. The number of rotatable bonds is 0. The van der Waals surface area contributed by atoms with Crippen LogP contribution < -0.4 is 0 Å². The molecule has 0 aromatic heterocycles. The number of hydrogen-bond acceptors (Lipinski definition) is 2. The van der Waals surface area contributed by atoms with Gasteiger partial charge in [-0.25, -0.2) is 0 Å². The van der Waals surface area contributed by atoms with Gasteiger partial charge in [0.25, 0.3) is 5.09 Å². The third kappa shape index (κ3) is 61.3. The molecule has 0 aliphatic rings. The first-order chi connectivity index (χ1) is 1.73. The van der Waals surface area contributed by atoms with E-state index in [9.17, 15) is 0 Å². The Morgan fingerprint density at radius 1 is 1.67 bits per heavy atom. The smallest absolute Gasteiger partial charge is 0.328 e. The first-order valence-corrected chi connectivity index (χ1v) is 0.565. The van der Waals surface area contributed by atoms with Gasteiger partial charge >= 0.3 is 60.3 Å². The van der Waals surface area contributed by atoms with Gasteiger partial charge in [0, 0.05) is 0 Å². The van der Waals surface area contributed by atoms with Crippen LogP contribution in [0.15, 0.2) is 0 Å². The molecule has 6 heteroatoms. The van der Waals surface area contributed by atoms with E-state index in [4.69, 9.17) is 15.3 Å². The van der Waals surface area contributed by atoms with Crippen LogP contribution in [0.4, 0.5) is 0 Å². The topological polar surface area (TPSA) is 63.4 Å². The van der Waals surface area contributed by atoms with E-state index in [0.29, 0.717) is 0 Å². The molecule has 26 valence electrons. The maximum absolute atomic E-state index is 8.36. The summed E-state index contributed by atoms with van der Waals surface area (Å²) in [5, 5.41) is 13.6. The van der Waals surface area contributed by atoms with Crippen LogP contribution >= 0.6 is 0 Å². The molecule has 0 saturated heterocycles. The summed E-state index contributed by atoms with van der Waals surface area (Å²) in [7, 11) is 0. The van der Waals surface area contributed by atoms with Gasteiger partial charge in [-0.2, -0.15) is 0 Å². The zero-order valence-electron chi connectivity index (χ0n) is 2.62. The molecule has 0 aliphatic carbocycles. The van der Waals surface area contributed by atoms with Gasteiger partial charge in [0.15, 0.2) is 0 Å². The molecule has 4 nitrogen and oxygen atoms in total. The fraction of sp³-hybridized carbons (Fsp3) is 0. The van der Waals surface area contributed by atoms with E-state index in [2.05, 4.69) is 0 Å². The van der Waals surface area contributed by atoms with E-state index in [-0.39, 0.29) is 60.3 Å². The van der Waals surface area contributed by atoms with Gasteiger partial charge in [-0.05, 0) is 0 Å². The number of hydrogen-bond donors (Lipinski definition) is 1. The zero-order chi connectivity index (χ0) is 3.58. The van der Waals surface area contributed by atoms with Crippen LogP contribution in [0.1, 0.15) is 0 Å². The maximum Gasteiger partial charge on any atom is 4.00 e. The van der Waals surface area contributed by atoms with Crippen LogP contribution in [0, 0.1) is 70.4 Å². The Hall–Kier alpha value is 1.24. The Balaban J connectivity index is -0.0000000450. The zero-order valence-corrected chi connectivity index (χ0v) is 10.2. The molecule has 0 rings (SSSR count). The Bertz CT molecular complexity index is 33.8. The van der Waals surface area contributed by atoms with Crippen molar-refractivity contribution in [1.82, 2.24) is 0 Å². The van der Waals surface area contributed by atoms with Gasteiger partial charge < -0.3 is 5.21 Å². The molecule has 6 heavy (non-hydrogen) atoms. The molecular weight excluding hydrogens is 544 g/mol. The van der Waals surface area contributed by atoms with Crippen molar-refractivity contribution in [2.45, 2.75) is 0 Å². The van der Waals surface area contributed by atoms with Crippen molar-refractivity contribution in [3.63, 3.8) is 0 Å². The first-order valence-electron chi connectivity index (χ1n) is 0.565. The molecule has 0 unspecified atom stereocenters. The summed E-state index contributed by atoms with van der Waals surface area (Å²) in [5.74, 6) is 0. The van der Waals surface area contributed by atoms with Crippen LogP contribution in [-0.2, 0) is 0 Å². The molecule has 0 aromatic rings. The summed E-state index contributed by atoms with van der Waals surface area (Å²) in [4.78, 5) is 8.36. The van der Waals surface area contributed by atoms with Gasteiger partial charge in [0.05, 0.1) is 0 Å². The molecular formula is HNO3PuU+8. The molecule has 0 spiro atoms. The Labute approximate surface area is 79.7 Å². The quantitative estimate of drug-likeness (QED) is 0.335. The normalized spacial score (nSPS) is 4.00. The van der Waals surface area contributed by atoms with Gasteiger partial charge in [0.2, 0.25) is 0 Å². The third-order valence-electron chi connectivity index (χ3n) is 0. The Kier molecular flexibility index (Phi) is 24.9. The maximum atomic E-state index is 8.36. The van der Waals surface area contributed by atoms with Crippen molar-refractivity contribution in [3.8, 4) is 0 Å². The molecule has 0 amide bonds. The second-order valence-corrected chi connectivity index (χ2v) is 0.238. The fourth-order valence-corrected chi connectivity index (χ4v) is 0. The van der Waals surface area contributed by atoms with E-state index < -0.39 is 5.09 Å². The van der Waals surface area contributed by atoms with Crippen molar-refractivity contribution >= 4 is 0 Å². The third-order valence-corrected chi connectivity index (χ3v) is 0. The molecule has 0 radical (unpaired) electrons. The molecule has 0 atom stereocenters. The predicted octanol–water partition coefficient (Wildman–Crippen LogP) is -0.348. The van der Waals surface area contributed by atoms with Crippen LogP contribution in [0.2, 0.25) is 0 Å². The number of nitrogens with zero attached hydrogens (tertiary/aromatic N) is 1. The van der Waals surface area contributed by atoms with Crippen molar-refractivity contribution < 1.29 is 70.6 Å². The summed E-state index contributed by atoms with van der Waals surface area (Å²) >= 11 is 0. The van der Waals surface area contributed by atoms with E-state index in [1.165, 1.54) is 0 Å². The second-order valence-electron chi connectivity index (χ2n) is 0.238. The minimum Gasteiger partial charge on any atom is -0.328 e. The predicted molar refractivity (Wildman–Crippen MR) is 8.78 cm³/mol. The fourth-order valence-electron chi connectivity index (χ4n) is 0. The first kappa shape index (κ1) is 15.7. The summed E-state index contributed by atoms with van der Waals surface area (Å²) < 4.78 is 0. The average molecular weight is 545 g/mol. The average Bonchev–Trinajstić information content (AvgIpc) is 0.811. The molecule has 0 fully saturated rings. The van der Waals surface area contributed by atoms with Crippen LogP contribution in [0.3, 0.4) is 0 Å². The molecule has 0 heterocycles. The van der Waals surface area contributed by atoms with Crippen molar-refractivity contribution in [2.75, 3.05) is 0 Å². The Morgan fingerprint density at radius 2 is 1.67 bits per heavy atom. The van der Waals surface area contributed by atoms with Crippen molar-refractivity contribution in [2.24, 2.45) is 0 Å². The van der Waals surface area contributed by atoms with Gasteiger partial charge in [-0.3, -0.25) is 0 Å². The molecule has 1 N–H and O–H groups in total. The van der Waals surface area contributed by atoms with Crippen LogP contribution in [-0.4, -0.2) is 10.3 Å². The van der Waals surface area contributed by atoms with Crippen molar-refractivity contribution in [1.29, 1.82) is 0 Å². The van der Waals surface area contributed by atoms with Gasteiger partial charge in [-0.1, -0.05) is 0 Å². The molecule has 0 bridgehead atoms. The standard InChI is InChI=1S/HNO3.Pu.U/c2-1(3)4;;/h(H,2,3,4);;/q;2*+4. The monoisotopic (exact) mass is 539 g/mol. The molecule has 0 aromatic carbocycles. The van der Waals surface area contributed by atoms with Gasteiger partial charge in [-0.15, -0.1) is 10.1 Å². The van der Waals surface area contributed by atoms with Crippen LogP contribution in [0.5, 0.6) is 0 Å². The Morgan fingerprint density at radius 3 is 1.67 bits per heavy atom. The summed E-state index contributed by atoms with van der Waals surface area (Å²) in [5.41, 5.74) is 0. The van der Waals surface area contributed by atoms with E-state index in [1.807, 2.05) is 0 Å². The summed E-state index contributed by atoms with van der Waals surface area (Å²) in [6.07, 6.45) is 0. The minimum atomic E-state index is -1.50. The SMILES string of the molecule is O=[N+]([O-])O.[Pu+4].[U+4]. The van der Waals surface area contributed by atoms with Crippen molar-refractivity contribution in [3.05, 3.63) is 10.1 Å². The summed E-state index contributed by atoms with van der Waals surface area (Å²) in [6.45, 7) is 0. The largest absolute Gasteiger partial charge is 4.00 e. The van der Waals surface area contributed by atoms with E-state index in [0.717, 1.165) is 0 Å².